The number of para-hydroxylation sites is 1. The second-order valence-electron chi connectivity index (χ2n) is 6.46. The van der Waals surface area contributed by atoms with E-state index >= 15 is 0 Å². The lowest BCUT2D eigenvalue weighted by molar-refractivity contribution is 0.551. The zero-order chi connectivity index (χ0) is 16.4. The Morgan fingerprint density at radius 3 is 2.65 bits per heavy atom. The maximum atomic E-state index is 11.6. The van der Waals surface area contributed by atoms with E-state index in [2.05, 4.69) is 19.2 Å². The summed E-state index contributed by atoms with van der Waals surface area (Å²) in [6.45, 7) is 4.91. The van der Waals surface area contributed by atoms with Crippen molar-refractivity contribution in [3.63, 3.8) is 0 Å². The molecule has 0 saturated carbocycles. The molecule has 0 bridgehead atoms. The number of hydrogen-bond donors (Lipinski definition) is 1. The van der Waals surface area contributed by atoms with Gasteiger partial charge in [-0.15, -0.1) is 0 Å². The van der Waals surface area contributed by atoms with Crippen molar-refractivity contribution in [3.05, 3.63) is 47.8 Å². The number of nitrogens with zero attached hydrogens (tertiary/aromatic N) is 2. The van der Waals surface area contributed by atoms with Crippen LogP contribution in [0.15, 0.2) is 36.5 Å². The van der Waals surface area contributed by atoms with Crippen LogP contribution >= 0.6 is 0 Å². The van der Waals surface area contributed by atoms with E-state index in [0.29, 0.717) is 24.6 Å². The first-order valence-corrected chi connectivity index (χ1v) is 9.84. The summed E-state index contributed by atoms with van der Waals surface area (Å²) in [6, 6.07) is 10.1. The number of benzene rings is 1. The zero-order valence-corrected chi connectivity index (χ0v) is 14.4. The molecule has 1 aliphatic rings. The van der Waals surface area contributed by atoms with Crippen LogP contribution in [0.5, 0.6) is 0 Å². The van der Waals surface area contributed by atoms with Gasteiger partial charge in [-0.05, 0) is 24.5 Å². The van der Waals surface area contributed by atoms with Gasteiger partial charge in [0.05, 0.1) is 22.9 Å². The summed E-state index contributed by atoms with van der Waals surface area (Å²) in [7, 11) is -2.85. The Kier molecular flexibility index (Phi) is 4.55. The molecule has 5 nitrogen and oxygen atoms in total. The summed E-state index contributed by atoms with van der Waals surface area (Å²) in [4.78, 5) is 0. The van der Waals surface area contributed by atoms with E-state index in [1.165, 1.54) is 0 Å². The molecule has 1 fully saturated rings. The van der Waals surface area contributed by atoms with Gasteiger partial charge in [0.25, 0.3) is 0 Å². The molecular weight excluding hydrogens is 310 g/mol. The fourth-order valence-electron chi connectivity index (χ4n) is 2.97. The monoisotopic (exact) mass is 333 g/mol. The highest BCUT2D eigenvalue weighted by Crippen LogP contribution is 2.21. The molecule has 0 spiro atoms. The van der Waals surface area contributed by atoms with Gasteiger partial charge in [-0.1, -0.05) is 32.0 Å². The average Bonchev–Trinajstić information content (AvgIpc) is 3.09. The molecule has 1 saturated heterocycles. The Bertz CT molecular complexity index is 766. The van der Waals surface area contributed by atoms with Gasteiger partial charge in [0.15, 0.2) is 9.84 Å². The first kappa shape index (κ1) is 16.2. The molecule has 1 aliphatic heterocycles. The van der Waals surface area contributed by atoms with E-state index in [1.807, 2.05) is 41.2 Å². The molecular formula is C17H23N3O2S. The Labute approximate surface area is 137 Å². The molecule has 0 aliphatic carbocycles. The van der Waals surface area contributed by atoms with Crippen LogP contribution in [0.4, 0.5) is 0 Å². The lowest BCUT2D eigenvalue weighted by Crippen LogP contribution is -2.29. The zero-order valence-electron chi connectivity index (χ0n) is 13.6. The number of nitrogens with one attached hydrogen (secondary N) is 1. The van der Waals surface area contributed by atoms with Gasteiger partial charge in [0.1, 0.15) is 0 Å². The standard InChI is InChI=1S/C17H23N3O2S/c1-13(2)17-14(10-18-15-8-9-23(21,22)12-15)11-20(19-17)16-6-4-3-5-7-16/h3-7,11,13,15,18H,8-10,12H2,1-2H3/t15-/m0/s1. The van der Waals surface area contributed by atoms with Crippen molar-refractivity contribution in [2.45, 2.75) is 38.8 Å². The lowest BCUT2D eigenvalue weighted by atomic mass is 10.1. The van der Waals surface area contributed by atoms with Crippen molar-refractivity contribution in [2.24, 2.45) is 0 Å². The minimum Gasteiger partial charge on any atom is -0.309 e. The van der Waals surface area contributed by atoms with Crippen molar-refractivity contribution >= 4 is 9.84 Å². The smallest absolute Gasteiger partial charge is 0.151 e. The Balaban J connectivity index is 1.77. The Hall–Kier alpha value is -1.66. The highest BCUT2D eigenvalue weighted by molar-refractivity contribution is 7.91. The van der Waals surface area contributed by atoms with Crippen LogP contribution < -0.4 is 5.32 Å². The Morgan fingerprint density at radius 2 is 2.04 bits per heavy atom. The molecule has 0 amide bonds. The second kappa shape index (κ2) is 6.45. The topological polar surface area (TPSA) is 64.0 Å². The van der Waals surface area contributed by atoms with Crippen LogP contribution in [0, 0.1) is 0 Å². The van der Waals surface area contributed by atoms with Crippen LogP contribution in [-0.2, 0) is 16.4 Å². The molecule has 1 aromatic carbocycles. The largest absolute Gasteiger partial charge is 0.309 e. The fourth-order valence-corrected chi connectivity index (χ4v) is 4.68. The molecule has 1 N–H and O–H groups in total. The molecule has 23 heavy (non-hydrogen) atoms. The van der Waals surface area contributed by atoms with Gasteiger partial charge in [-0.2, -0.15) is 5.10 Å². The predicted octanol–water partition coefficient (Wildman–Crippen LogP) is 2.27. The predicted molar refractivity (Wildman–Crippen MR) is 91.6 cm³/mol. The lowest BCUT2D eigenvalue weighted by Gasteiger charge is -2.11. The normalized spacial score (nSPS) is 20.2. The van der Waals surface area contributed by atoms with E-state index in [0.717, 1.165) is 16.9 Å². The van der Waals surface area contributed by atoms with E-state index in [4.69, 9.17) is 5.10 Å². The van der Waals surface area contributed by atoms with Crippen molar-refractivity contribution in [2.75, 3.05) is 11.5 Å². The summed E-state index contributed by atoms with van der Waals surface area (Å²) in [5.41, 5.74) is 3.22. The maximum absolute atomic E-state index is 11.6. The fraction of sp³-hybridized carbons (Fsp3) is 0.471. The third-order valence-corrected chi connectivity index (χ3v) is 5.97. The van der Waals surface area contributed by atoms with E-state index < -0.39 is 9.84 Å². The molecule has 2 aromatic rings. The maximum Gasteiger partial charge on any atom is 0.151 e. The van der Waals surface area contributed by atoms with Crippen molar-refractivity contribution in [1.82, 2.24) is 15.1 Å². The van der Waals surface area contributed by atoms with Gasteiger partial charge in [-0.25, -0.2) is 13.1 Å². The Morgan fingerprint density at radius 1 is 1.30 bits per heavy atom. The van der Waals surface area contributed by atoms with Crippen LogP contribution in [0.1, 0.15) is 37.4 Å². The van der Waals surface area contributed by atoms with Gasteiger partial charge >= 0.3 is 0 Å². The highest BCUT2D eigenvalue weighted by Gasteiger charge is 2.27. The molecule has 0 radical (unpaired) electrons. The van der Waals surface area contributed by atoms with Gasteiger partial charge in [-0.3, -0.25) is 0 Å². The van der Waals surface area contributed by atoms with E-state index in [1.54, 1.807) is 0 Å². The summed E-state index contributed by atoms with van der Waals surface area (Å²) in [6.07, 6.45) is 2.74. The average molecular weight is 333 g/mol. The third-order valence-electron chi connectivity index (χ3n) is 4.20. The summed E-state index contributed by atoms with van der Waals surface area (Å²) < 4.78 is 25.0. The first-order chi connectivity index (χ1) is 10.9. The molecule has 0 unspecified atom stereocenters. The van der Waals surface area contributed by atoms with Crippen LogP contribution in [0.2, 0.25) is 0 Å². The van der Waals surface area contributed by atoms with Crippen LogP contribution in [0.25, 0.3) is 5.69 Å². The minimum atomic E-state index is -2.85. The number of aromatic nitrogens is 2. The molecule has 2 heterocycles. The summed E-state index contributed by atoms with van der Waals surface area (Å²) in [5, 5.41) is 8.09. The van der Waals surface area contributed by atoms with Gasteiger partial charge in [0, 0.05) is 24.3 Å². The quantitative estimate of drug-likeness (QED) is 0.912. The first-order valence-electron chi connectivity index (χ1n) is 8.02. The molecule has 124 valence electrons. The molecule has 1 atom stereocenters. The summed E-state index contributed by atoms with van der Waals surface area (Å²) >= 11 is 0. The second-order valence-corrected chi connectivity index (χ2v) is 8.68. The number of rotatable bonds is 5. The van der Waals surface area contributed by atoms with Crippen LogP contribution in [0.3, 0.4) is 0 Å². The van der Waals surface area contributed by atoms with Crippen molar-refractivity contribution < 1.29 is 8.42 Å². The highest BCUT2D eigenvalue weighted by atomic mass is 32.2. The van der Waals surface area contributed by atoms with Crippen LogP contribution in [-0.4, -0.2) is 35.7 Å². The van der Waals surface area contributed by atoms with E-state index in [-0.39, 0.29) is 11.8 Å². The molecule has 6 heteroatoms. The third kappa shape index (κ3) is 3.82. The minimum absolute atomic E-state index is 0.0556. The SMILES string of the molecule is CC(C)c1nn(-c2ccccc2)cc1CN[C@H]1CCS(=O)(=O)C1. The van der Waals surface area contributed by atoms with Crippen molar-refractivity contribution in [3.8, 4) is 5.69 Å². The van der Waals surface area contributed by atoms with Gasteiger partial charge in [0.2, 0.25) is 0 Å². The molecule has 3 rings (SSSR count). The summed E-state index contributed by atoms with van der Waals surface area (Å²) in [5.74, 6) is 0.867. The molecule has 1 aromatic heterocycles. The number of hydrogen-bond acceptors (Lipinski definition) is 4. The number of sulfone groups is 1. The van der Waals surface area contributed by atoms with Gasteiger partial charge < -0.3 is 5.32 Å². The van der Waals surface area contributed by atoms with E-state index in [9.17, 15) is 8.42 Å². The van der Waals surface area contributed by atoms with Crippen molar-refractivity contribution in [1.29, 1.82) is 0 Å².